The second kappa shape index (κ2) is 5.97. The van der Waals surface area contributed by atoms with E-state index < -0.39 is 18.1 Å². The highest BCUT2D eigenvalue weighted by Gasteiger charge is 2.49. The zero-order chi connectivity index (χ0) is 12.1. The molecule has 0 aromatic carbocycles. The number of nitrogens with zero attached hydrogens (tertiary/aromatic N) is 1. The zero-order valence-electron chi connectivity index (χ0n) is 9.17. The molecule has 1 N–H and O–H groups in total. The predicted octanol–water partition coefficient (Wildman–Crippen LogP) is 0.845. The first kappa shape index (κ1) is 14.2. The largest absolute Gasteiger partial charge is 0.373 e. The standard InChI is InChI=1S/C9H17F2NO3/c1-4-12(5-2)7(13)9(10,11)8(14)15-6-3/h8,14H,4-6H2,1-3H3. The Hall–Kier alpha value is -0.750. The predicted molar refractivity (Wildman–Crippen MR) is 50.5 cm³/mol. The Morgan fingerprint density at radius 3 is 2.20 bits per heavy atom. The van der Waals surface area contributed by atoms with E-state index >= 15 is 0 Å². The van der Waals surface area contributed by atoms with Crippen molar-refractivity contribution >= 4 is 5.91 Å². The molecule has 0 aliphatic heterocycles. The summed E-state index contributed by atoms with van der Waals surface area (Å²) in [5, 5.41) is 8.97. The van der Waals surface area contributed by atoms with E-state index in [0.29, 0.717) is 0 Å². The third-order valence-corrected chi connectivity index (χ3v) is 1.97. The average Bonchev–Trinajstić information content (AvgIpc) is 2.19. The summed E-state index contributed by atoms with van der Waals surface area (Å²) in [5.41, 5.74) is 0. The number of halogens is 2. The molecule has 0 spiro atoms. The molecule has 0 bridgehead atoms. The Balaban J connectivity index is 4.62. The molecule has 0 fully saturated rings. The number of alkyl halides is 2. The Bertz CT molecular complexity index is 208. The Morgan fingerprint density at radius 2 is 1.87 bits per heavy atom. The van der Waals surface area contributed by atoms with Crippen LogP contribution in [0.4, 0.5) is 8.78 Å². The quantitative estimate of drug-likeness (QED) is 0.682. The summed E-state index contributed by atoms with van der Waals surface area (Å²) in [4.78, 5) is 12.2. The van der Waals surface area contributed by atoms with Crippen LogP contribution in [0.15, 0.2) is 0 Å². The van der Waals surface area contributed by atoms with E-state index in [1.165, 1.54) is 6.92 Å². The molecule has 4 nitrogen and oxygen atoms in total. The molecule has 0 aromatic heterocycles. The van der Waals surface area contributed by atoms with Crippen LogP contribution >= 0.6 is 0 Å². The second-order valence-corrected chi connectivity index (χ2v) is 2.91. The molecule has 0 saturated carbocycles. The number of hydrogen-bond acceptors (Lipinski definition) is 3. The first-order valence-electron chi connectivity index (χ1n) is 4.88. The van der Waals surface area contributed by atoms with Gasteiger partial charge in [-0.2, -0.15) is 8.78 Å². The normalized spacial score (nSPS) is 13.7. The summed E-state index contributed by atoms with van der Waals surface area (Å²) >= 11 is 0. The van der Waals surface area contributed by atoms with Crippen LogP contribution in [0.1, 0.15) is 20.8 Å². The molecular formula is C9H17F2NO3. The molecule has 1 unspecified atom stereocenters. The monoisotopic (exact) mass is 225 g/mol. The number of aliphatic hydroxyl groups is 1. The van der Waals surface area contributed by atoms with E-state index in [1.54, 1.807) is 13.8 Å². The number of amides is 1. The molecular weight excluding hydrogens is 208 g/mol. The Morgan fingerprint density at radius 1 is 1.40 bits per heavy atom. The summed E-state index contributed by atoms with van der Waals surface area (Å²) in [7, 11) is 0. The van der Waals surface area contributed by atoms with Crippen LogP contribution in [0.25, 0.3) is 0 Å². The van der Waals surface area contributed by atoms with Gasteiger partial charge in [0, 0.05) is 19.7 Å². The van der Waals surface area contributed by atoms with Crippen LogP contribution in [0, 0.1) is 0 Å². The fourth-order valence-electron chi connectivity index (χ4n) is 1.09. The van der Waals surface area contributed by atoms with Gasteiger partial charge in [0.1, 0.15) is 0 Å². The van der Waals surface area contributed by atoms with Gasteiger partial charge in [0.2, 0.25) is 6.29 Å². The minimum absolute atomic E-state index is 0.0811. The third-order valence-electron chi connectivity index (χ3n) is 1.97. The SMILES string of the molecule is CCOC(O)C(F)(F)C(=O)N(CC)CC. The number of rotatable bonds is 6. The molecule has 0 saturated heterocycles. The highest BCUT2D eigenvalue weighted by atomic mass is 19.3. The van der Waals surface area contributed by atoms with Gasteiger partial charge in [-0.05, 0) is 20.8 Å². The van der Waals surface area contributed by atoms with Crippen molar-refractivity contribution in [2.45, 2.75) is 33.0 Å². The molecule has 0 aliphatic carbocycles. The van der Waals surface area contributed by atoms with Crippen molar-refractivity contribution in [2.24, 2.45) is 0 Å². The minimum Gasteiger partial charge on any atom is -0.363 e. The molecule has 90 valence electrons. The van der Waals surface area contributed by atoms with Gasteiger partial charge in [0.05, 0.1) is 0 Å². The molecule has 0 heterocycles. The third kappa shape index (κ3) is 3.39. The summed E-state index contributed by atoms with van der Waals surface area (Å²) in [5.74, 6) is -5.30. The van der Waals surface area contributed by atoms with Crippen LogP contribution < -0.4 is 0 Å². The smallest absolute Gasteiger partial charge is 0.363 e. The fourth-order valence-corrected chi connectivity index (χ4v) is 1.09. The molecule has 0 aromatic rings. The molecule has 15 heavy (non-hydrogen) atoms. The molecule has 6 heteroatoms. The van der Waals surface area contributed by atoms with Crippen molar-refractivity contribution < 1.29 is 23.4 Å². The van der Waals surface area contributed by atoms with Gasteiger partial charge in [-0.25, -0.2) is 0 Å². The lowest BCUT2D eigenvalue weighted by molar-refractivity contribution is -0.233. The maximum atomic E-state index is 13.3. The van der Waals surface area contributed by atoms with E-state index in [-0.39, 0.29) is 19.7 Å². The number of carbonyl (C=O) groups is 1. The average molecular weight is 225 g/mol. The van der Waals surface area contributed by atoms with E-state index in [2.05, 4.69) is 4.74 Å². The molecule has 0 rings (SSSR count). The van der Waals surface area contributed by atoms with Crippen molar-refractivity contribution in [3.63, 3.8) is 0 Å². The summed E-state index contributed by atoms with van der Waals surface area (Å²) < 4.78 is 30.8. The van der Waals surface area contributed by atoms with Crippen molar-refractivity contribution in [3.05, 3.63) is 0 Å². The van der Waals surface area contributed by atoms with Gasteiger partial charge in [0.15, 0.2) is 0 Å². The molecule has 0 aliphatic rings. The fraction of sp³-hybridized carbons (Fsp3) is 0.889. The van der Waals surface area contributed by atoms with Crippen molar-refractivity contribution in [1.29, 1.82) is 0 Å². The number of hydrogen-bond donors (Lipinski definition) is 1. The highest BCUT2D eigenvalue weighted by molar-refractivity contribution is 5.83. The van der Waals surface area contributed by atoms with Crippen LogP contribution in [-0.2, 0) is 9.53 Å². The van der Waals surface area contributed by atoms with E-state index in [0.717, 1.165) is 4.90 Å². The van der Waals surface area contributed by atoms with E-state index in [1.807, 2.05) is 0 Å². The summed E-state index contributed by atoms with van der Waals surface area (Å²) in [6.07, 6.45) is -2.38. The van der Waals surface area contributed by atoms with Crippen molar-refractivity contribution in [2.75, 3.05) is 19.7 Å². The lowest BCUT2D eigenvalue weighted by Crippen LogP contribution is -2.51. The van der Waals surface area contributed by atoms with Crippen molar-refractivity contribution in [1.82, 2.24) is 4.90 Å². The van der Waals surface area contributed by atoms with Gasteiger partial charge in [-0.15, -0.1) is 0 Å². The van der Waals surface area contributed by atoms with Crippen molar-refractivity contribution in [3.8, 4) is 0 Å². The van der Waals surface area contributed by atoms with E-state index in [9.17, 15) is 13.6 Å². The maximum Gasteiger partial charge on any atom is 0.373 e. The molecule has 0 radical (unpaired) electrons. The van der Waals surface area contributed by atoms with Gasteiger partial charge in [-0.1, -0.05) is 0 Å². The van der Waals surface area contributed by atoms with Gasteiger partial charge in [0.25, 0.3) is 5.91 Å². The maximum absolute atomic E-state index is 13.3. The lowest BCUT2D eigenvalue weighted by Gasteiger charge is -2.27. The van der Waals surface area contributed by atoms with Crippen LogP contribution in [-0.4, -0.2) is 47.8 Å². The second-order valence-electron chi connectivity index (χ2n) is 2.91. The van der Waals surface area contributed by atoms with Gasteiger partial charge < -0.3 is 14.7 Å². The molecule has 1 atom stereocenters. The highest BCUT2D eigenvalue weighted by Crippen LogP contribution is 2.22. The summed E-state index contributed by atoms with van der Waals surface area (Å²) in [6, 6.07) is 0. The zero-order valence-corrected chi connectivity index (χ0v) is 9.17. The molecule has 1 amide bonds. The minimum atomic E-state index is -3.89. The first-order valence-corrected chi connectivity index (χ1v) is 4.88. The topological polar surface area (TPSA) is 49.8 Å². The number of ether oxygens (including phenoxy) is 1. The van der Waals surface area contributed by atoms with Crippen LogP contribution in [0.3, 0.4) is 0 Å². The lowest BCUT2D eigenvalue weighted by atomic mass is 10.2. The van der Waals surface area contributed by atoms with Gasteiger partial charge in [-0.3, -0.25) is 4.79 Å². The Kier molecular flexibility index (Phi) is 5.67. The Labute approximate surface area is 87.8 Å². The number of aliphatic hydroxyl groups excluding tert-OH is 1. The number of carbonyl (C=O) groups excluding carboxylic acids is 1. The summed E-state index contributed by atoms with van der Waals surface area (Å²) in [6.45, 7) is 4.89. The van der Waals surface area contributed by atoms with Crippen LogP contribution in [0.2, 0.25) is 0 Å². The van der Waals surface area contributed by atoms with E-state index in [4.69, 9.17) is 5.11 Å². The van der Waals surface area contributed by atoms with Gasteiger partial charge >= 0.3 is 5.92 Å². The van der Waals surface area contributed by atoms with Crippen LogP contribution in [0.5, 0.6) is 0 Å². The first-order chi connectivity index (χ1) is 6.91.